The SMILES string of the molecule is CC1CCCN(S(=O)(=O)NCC(C)(C)O)C1. The number of piperidine rings is 1. The van der Waals surface area contributed by atoms with E-state index in [1.807, 2.05) is 0 Å². The van der Waals surface area contributed by atoms with Gasteiger partial charge < -0.3 is 5.11 Å². The van der Waals surface area contributed by atoms with Gasteiger partial charge in [-0.2, -0.15) is 17.4 Å². The Morgan fingerprint density at radius 3 is 2.62 bits per heavy atom. The molecule has 0 aromatic rings. The van der Waals surface area contributed by atoms with Gasteiger partial charge in [0.05, 0.1) is 5.60 Å². The quantitative estimate of drug-likeness (QED) is 0.755. The largest absolute Gasteiger partial charge is 0.389 e. The van der Waals surface area contributed by atoms with Gasteiger partial charge >= 0.3 is 0 Å². The van der Waals surface area contributed by atoms with Gasteiger partial charge in [-0.25, -0.2) is 0 Å². The van der Waals surface area contributed by atoms with Crippen molar-refractivity contribution in [1.82, 2.24) is 9.03 Å². The molecule has 0 saturated carbocycles. The normalized spacial score (nSPS) is 24.6. The lowest BCUT2D eigenvalue weighted by atomic mass is 10.0. The minimum absolute atomic E-state index is 0.0419. The highest BCUT2D eigenvalue weighted by Gasteiger charge is 2.28. The number of aliphatic hydroxyl groups is 1. The van der Waals surface area contributed by atoms with Crippen molar-refractivity contribution in [1.29, 1.82) is 0 Å². The van der Waals surface area contributed by atoms with Crippen LogP contribution in [0.5, 0.6) is 0 Å². The lowest BCUT2D eigenvalue weighted by Crippen LogP contribution is -2.48. The first-order chi connectivity index (χ1) is 7.21. The summed E-state index contributed by atoms with van der Waals surface area (Å²) >= 11 is 0. The first kappa shape index (κ1) is 13.9. The summed E-state index contributed by atoms with van der Waals surface area (Å²) in [7, 11) is -3.43. The van der Waals surface area contributed by atoms with E-state index in [0.29, 0.717) is 19.0 Å². The molecule has 1 aliphatic rings. The lowest BCUT2D eigenvalue weighted by Gasteiger charge is -2.30. The molecule has 0 aromatic heterocycles. The summed E-state index contributed by atoms with van der Waals surface area (Å²) in [5, 5.41) is 9.49. The monoisotopic (exact) mass is 250 g/mol. The van der Waals surface area contributed by atoms with Crippen LogP contribution in [-0.4, -0.2) is 43.1 Å². The van der Waals surface area contributed by atoms with Crippen molar-refractivity contribution in [2.45, 2.75) is 39.2 Å². The Balaban J connectivity index is 2.56. The molecule has 2 N–H and O–H groups in total. The standard InChI is InChI=1S/C10H22N2O3S/c1-9-5-4-6-12(7-9)16(14,15)11-8-10(2,3)13/h9,11,13H,4-8H2,1-3H3. The minimum Gasteiger partial charge on any atom is -0.389 e. The molecule has 1 rings (SSSR count). The molecule has 1 aliphatic heterocycles. The average Bonchev–Trinajstić information content (AvgIpc) is 2.14. The lowest BCUT2D eigenvalue weighted by molar-refractivity contribution is 0.0850. The Morgan fingerprint density at radius 2 is 2.12 bits per heavy atom. The van der Waals surface area contributed by atoms with Gasteiger partial charge in [0.1, 0.15) is 0 Å². The van der Waals surface area contributed by atoms with E-state index >= 15 is 0 Å². The fraction of sp³-hybridized carbons (Fsp3) is 1.00. The third-order valence-corrected chi connectivity index (χ3v) is 4.17. The van der Waals surface area contributed by atoms with Crippen molar-refractivity contribution < 1.29 is 13.5 Å². The van der Waals surface area contributed by atoms with Crippen LogP contribution in [0.25, 0.3) is 0 Å². The summed E-state index contributed by atoms with van der Waals surface area (Å²) < 4.78 is 27.7. The highest BCUT2D eigenvalue weighted by atomic mass is 32.2. The highest BCUT2D eigenvalue weighted by molar-refractivity contribution is 7.87. The van der Waals surface area contributed by atoms with Crippen LogP contribution in [0.4, 0.5) is 0 Å². The van der Waals surface area contributed by atoms with Crippen molar-refractivity contribution in [3.63, 3.8) is 0 Å². The van der Waals surface area contributed by atoms with Gasteiger partial charge in [-0.1, -0.05) is 6.92 Å². The van der Waals surface area contributed by atoms with Crippen molar-refractivity contribution in [3.8, 4) is 0 Å². The highest BCUT2D eigenvalue weighted by Crippen LogP contribution is 2.17. The Hall–Kier alpha value is -0.170. The van der Waals surface area contributed by atoms with E-state index in [1.54, 1.807) is 13.8 Å². The van der Waals surface area contributed by atoms with Gasteiger partial charge in [0.15, 0.2) is 0 Å². The van der Waals surface area contributed by atoms with E-state index in [4.69, 9.17) is 0 Å². The fourth-order valence-corrected chi connectivity index (χ4v) is 3.26. The fourth-order valence-electron chi connectivity index (χ4n) is 1.72. The van der Waals surface area contributed by atoms with Crippen LogP contribution in [0.3, 0.4) is 0 Å². The predicted molar refractivity (Wildman–Crippen MR) is 63.2 cm³/mol. The third kappa shape index (κ3) is 4.37. The average molecular weight is 250 g/mol. The topological polar surface area (TPSA) is 69.6 Å². The first-order valence-electron chi connectivity index (χ1n) is 5.68. The van der Waals surface area contributed by atoms with E-state index in [0.717, 1.165) is 12.8 Å². The Morgan fingerprint density at radius 1 is 1.50 bits per heavy atom. The smallest absolute Gasteiger partial charge is 0.279 e. The van der Waals surface area contributed by atoms with Crippen LogP contribution in [0.15, 0.2) is 0 Å². The molecule has 1 saturated heterocycles. The molecule has 1 unspecified atom stereocenters. The van der Waals surface area contributed by atoms with Gasteiger partial charge in [0, 0.05) is 19.6 Å². The second-order valence-electron chi connectivity index (χ2n) is 5.24. The van der Waals surface area contributed by atoms with Gasteiger partial charge in [-0.3, -0.25) is 0 Å². The maximum Gasteiger partial charge on any atom is 0.279 e. The molecule has 0 amide bonds. The Bertz CT molecular complexity index is 321. The van der Waals surface area contributed by atoms with Crippen molar-refractivity contribution >= 4 is 10.2 Å². The van der Waals surface area contributed by atoms with E-state index in [-0.39, 0.29) is 6.54 Å². The van der Waals surface area contributed by atoms with Gasteiger partial charge in [0.2, 0.25) is 0 Å². The Kier molecular flexibility index (Phi) is 4.34. The van der Waals surface area contributed by atoms with E-state index in [9.17, 15) is 13.5 Å². The molecule has 16 heavy (non-hydrogen) atoms. The first-order valence-corrected chi connectivity index (χ1v) is 7.12. The zero-order chi connectivity index (χ0) is 12.4. The Labute approximate surface area is 98.0 Å². The molecule has 96 valence electrons. The number of nitrogens with zero attached hydrogens (tertiary/aromatic N) is 1. The van der Waals surface area contributed by atoms with E-state index < -0.39 is 15.8 Å². The molecule has 0 radical (unpaired) electrons. The zero-order valence-corrected chi connectivity index (χ0v) is 11.0. The maximum atomic E-state index is 11.9. The van der Waals surface area contributed by atoms with Crippen LogP contribution < -0.4 is 4.72 Å². The number of hydrogen-bond acceptors (Lipinski definition) is 3. The molecule has 1 heterocycles. The molecule has 0 aromatic carbocycles. The van der Waals surface area contributed by atoms with Gasteiger partial charge in [-0.15, -0.1) is 0 Å². The number of rotatable bonds is 4. The van der Waals surface area contributed by atoms with Crippen LogP contribution >= 0.6 is 0 Å². The van der Waals surface area contributed by atoms with E-state index in [2.05, 4.69) is 11.6 Å². The van der Waals surface area contributed by atoms with Crippen LogP contribution in [0.1, 0.15) is 33.6 Å². The molecule has 0 aliphatic carbocycles. The van der Waals surface area contributed by atoms with Crippen molar-refractivity contribution in [2.75, 3.05) is 19.6 Å². The molecular formula is C10H22N2O3S. The molecule has 1 fully saturated rings. The zero-order valence-electron chi connectivity index (χ0n) is 10.2. The molecular weight excluding hydrogens is 228 g/mol. The van der Waals surface area contributed by atoms with Gasteiger partial charge in [-0.05, 0) is 32.6 Å². The van der Waals surface area contributed by atoms with Crippen molar-refractivity contribution in [3.05, 3.63) is 0 Å². The summed E-state index contributed by atoms with van der Waals surface area (Å²) in [4.78, 5) is 0. The molecule has 1 atom stereocenters. The number of nitrogens with one attached hydrogen (secondary N) is 1. The van der Waals surface area contributed by atoms with Gasteiger partial charge in [0.25, 0.3) is 10.2 Å². The molecule has 0 spiro atoms. The van der Waals surface area contributed by atoms with Crippen LogP contribution in [-0.2, 0) is 10.2 Å². The number of hydrogen-bond donors (Lipinski definition) is 2. The van der Waals surface area contributed by atoms with Crippen molar-refractivity contribution in [2.24, 2.45) is 5.92 Å². The maximum absolute atomic E-state index is 11.9. The predicted octanol–water partition coefficient (Wildman–Crippen LogP) is 0.324. The summed E-state index contributed by atoms with van der Waals surface area (Å²) in [6.07, 6.45) is 1.99. The van der Waals surface area contributed by atoms with Crippen LogP contribution in [0.2, 0.25) is 0 Å². The third-order valence-electron chi connectivity index (χ3n) is 2.65. The minimum atomic E-state index is -3.43. The molecule has 6 heteroatoms. The summed E-state index contributed by atoms with van der Waals surface area (Å²) in [5.41, 5.74) is -1.02. The summed E-state index contributed by atoms with van der Waals surface area (Å²) in [6.45, 7) is 6.40. The summed E-state index contributed by atoms with van der Waals surface area (Å²) in [5.74, 6) is 0.410. The second-order valence-corrected chi connectivity index (χ2v) is 7.00. The van der Waals surface area contributed by atoms with Crippen LogP contribution in [0, 0.1) is 5.92 Å². The van der Waals surface area contributed by atoms with E-state index in [1.165, 1.54) is 4.31 Å². The second kappa shape index (κ2) is 5.00. The molecule has 5 nitrogen and oxygen atoms in total. The molecule has 0 bridgehead atoms. The summed E-state index contributed by atoms with van der Waals surface area (Å²) in [6, 6.07) is 0.